The standard InChI is InChI=1S/C37H22N2/c1-2-10-25(11-3-1)39-34-20-17-23(21-33(34)36-37(39)27-12-5-4-9-24(27)22-38-36)26-18-19-32-29-14-7-6-13-28(29)31-16-8-15-30(26)35(31)32/h1-22H. The molecule has 1 aliphatic carbocycles. The Morgan fingerprint density at radius 2 is 1.18 bits per heavy atom. The first kappa shape index (κ1) is 20.8. The molecular formula is C37H22N2. The van der Waals surface area contributed by atoms with E-state index in [4.69, 9.17) is 4.98 Å². The van der Waals surface area contributed by atoms with Crippen LogP contribution in [0.3, 0.4) is 0 Å². The van der Waals surface area contributed by atoms with E-state index in [0.29, 0.717) is 0 Å². The van der Waals surface area contributed by atoms with Crippen LogP contribution >= 0.6 is 0 Å². The summed E-state index contributed by atoms with van der Waals surface area (Å²) in [6.07, 6.45) is 2.01. The minimum absolute atomic E-state index is 1.03. The Morgan fingerprint density at radius 3 is 2.05 bits per heavy atom. The van der Waals surface area contributed by atoms with Crippen molar-refractivity contribution in [3.63, 3.8) is 0 Å². The molecule has 9 rings (SSSR count). The van der Waals surface area contributed by atoms with E-state index in [1.165, 1.54) is 60.4 Å². The van der Waals surface area contributed by atoms with Crippen molar-refractivity contribution in [3.8, 4) is 39.1 Å². The third-order valence-electron chi connectivity index (χ3n) is 8.36. The molecule has 0 atom stereocenters. The number of hydrogen-bond donors (Lipinski definition) is 0. The third kappa shape index (κ3) is 2.78. The van der Waals surface area contributed by atoms with Crippen molar-refractivity contribution in [2.45, 2.75) is 0 Å². The van der Waals surface area contributed by atoms with Crippen molar-refractivity contribution < 1.29 is 0 Å². The van der Waals surface area contributed by atoms with Gasteiger partial charge in [0.25, 0.3) is 0 Å². The van der Waals surface area contributed by atoms with Gasteiger partial charge in [-0.25, -0.2) is 0 Å². The molecule has 6 aromatic carbocycles. The molecule has 0 bridgehead atoms. The lowest BCUT2D eigenvalue weighted by atomic mass is 9.94. The molecule has 39 heavy (non-hydrogen) atoms. The van der Waals surface area contributed by atoms with Gasteiger partial charge in [-0.3, -0.25) is 4.98 Å². The number of hydrogen-bond acceptors (Lipinski definition) is 1. The van der Waals surface area contributed by atoms with Crippen LogP contribution in [0.15, 0.2) is 134 Å². The summed E-state index contributed by atoms with van der Waals surface area (Å²) in [6.45, 7) is 0. The Labute approximate surface area is 225 Å². The largest absolute Gasteiger partial charge is 0.307 e. The van der Waals surface area contributed by atoms with E-state index in [1.807, 2.05) is 6.20 Å². The minimum atomic E-state index is 1.03. The zero-order valence-corrected chi connectivity index (χ0v) is 21.1. The zero-order chi connectivity index (χ0) is 25.5. The summed E-state index contributed by atoms with van der Waals surface area (Å²) in [4.78, 5) is 5.03. The molecule has 0 saturated heterocycles. The van der Waals surface area contributed by atoms with Crippen LogP contribution < -0.4 is 0 Å². The monoisotopic (exact) mass is 494 g/mol. The van der Waals surface area contributed by atoms with Crippen molar-refractivity contribution in [2.75, 3.05) is 0 Å². The molecule has 0 fully saturated rings. The Morgan fingerprint density at radius 1 is 0.487 bits per heavy atom. The first-order valence-corrected chi connectivity index (χ1v) is 13.4. The average Bonchev–Trinajstić information content (AvgIpc) is 3.52. The Hall–Kier alpha value is -5.21. The van der Waals surface area contributed by atoms with Gasteiger partial charge < -0.3 is 4.57 Å². The van der Waals surface area contributed by atoms with E-state index >= 15 is 0 Å². The van der Waals surface area contributed by atoms with Gasteiger partial charge in [0.15, 0.2) is 0 Å². The van der Waals surface area contributed by atoms with Crippen LogP contribution in [0.1, 0.15) is 0 Å². The number of fused-ring (bicyclic) bond motifs is 8. The summed E-state index contributed by atoms with van der Waals surface area (Å²) in [5.74, 6) is 0. The average molecular weight is 495 g/mol. The summed E-state index contributed by atoms with van der Waals surface area (Å²) in [5, 5.41) is 6.19. The number of pyridine rings is 1. The van der Waals surface area contributed by atoms with Crippen molar-refractivity contribution >= 4 is 43.5 Å². The summed E-state index contributed by atoms with van der Waals surface area (Å²) >= 11 is 0. The number of nitrogens with zero attached hydrogens (tertiary/aromatic N) is 2. The highest BCUT2D eigenvalue weighted by Crippen LogP contribution is 2.49. The van der Waals surface area contributed by atoms with Crippen LogP contribution in [0.25, 0.3) is 82.5 Å². The molecule has 0 N–H and O–H groups in total. The lowest BCUT2D eigenvalue weighted by Gasteiger charge is -2.11. The van der Waals surface area contributed by atoms with Crippen LogP contribution in [-0.4, -0.2) is 9.55 Å². The SMILES string of the molecule is c1ccc(-n2c3ccc(-c4ccc5c6c(cccc46)-c4ccccc4-5)cc3c3ncc4ccccc4c32)cc1. The van der Waals surface area contributed by atoms with Gasteiger partial charge in [0.05, 0.1) is 16.6 Å². The molecule has 1 aliphatic rings. The van der Waals surface area contributed by atoms with Gasteiger partial charge in [-0.2, -0.15) is 0 Å². The molecule has 0 unspecified atom stereocenters. The van der Waals surface area contributed by atoms with Gasteiger partial charge in [-0.1, -0.05) is 103 Å². The molecule has 2 nitrogen and oxygen atoms in total. The van der Waals surface area contributed by atoms with Crippen LogP contribution in [0.5, 0.6) is 0 Å². The van der Waals surface area contributed by atoms with Crippen molar-refractivity contribution in [1.82, 2.24) is 9.55 Å². The minimum Gasteiger partial charge on any atom is -0.307 e. The number of aromatic nitrogens is 2. The topological polar surface area (TPSA) is 17.8 Å². The van der Waals surface area contributed by atoms with E-state index in [0.717, 1.165) is 22.1 Å². The zero-order valence-electron chi connectivity index (χ0n) is 21.1. The maximum atomic E-state index is 5.03. The second kappa shape index (κ2) is 7.66. The molecule has 2 aromatic heterocycles. The highest BCUT2D eigenvalue weighted by Gasteiger charge is 2.23. The summed E-state index contributed by atoms with van der Waals surface area (Å²) in [7, 11) is 0. The van der Waals surface area contributed by atoms with Crippen LogP contribution in [0.4, 0.5) is 0 Å². The fourth-order valence-corrected chi connectivity index (χ4v) is 6.69. The van der Waals surface area contributed by atoms with Crippen molar-refractivity contribution in [2.24, 2.45) is 0 Å². The van der Waals surface area contributed by atoms with Gasteiger partial charge in [-0.05, 0) is 68.4 Å². The normalized spacial score (nSPS) is 12.1. The predicted octanol–water partition coefficient (Wildman–Crippen LogP) is 9.80. The molecule has 0 amide bonds. The van der Waals surface area contributed by atoms with E-state index in [1.54, 1.807) is 0 Å². The molecule has 0 spiro atoms. The van der Waals surface area contributed by atoms with E-state index in [-0.39, 0.29) is 0 Å². The van der Waals surface area contributed by atoms with Crippen LogP contribution in [-0.2, 0) is 0 Å². The number of rotatable bonds is 2. The molecule has 2 heteroatoms. The molecule has 0 aliphatic heterocycles. The molecule has 2 heterocycles. The maximum absolute atomic E-state index is 5.03. The van der Waals surface area contributed by atoms with Gasteiger partial charge in [0.2, 0.25) is 0 Å². The van der Waals surface area contributed by atoms with Crippen molar-refractivity contribution in [1.29, 1.82) is 0 Å². The number of para-hydroxylation sites is 1. The van der Waals surface area contributed by atoms with E-state index in [2.05, 4.69) is 132 Å². The fraction of sp³-hybridized carbons (Fsp3) is 0. The lowest BCUT2D eigenvalue weighted by Crippen LogP contribution is -1.94. The fourth-order valence-electron chi connectivity index (χ4n) is 6.69. The van der Waals surface area contributed by atoms with Crippen LogP contribution in [0.2, 0.25) is 0 Å². The van der Waals surface area contributed by atoms with Gasteiger partial charge >= 0.3 is 0 Å². The maximum Gasteiger partial charge on any atom is 0.0970 e. The lowest BCUT2D eigenvalue weighted by molar-refractivity contribution is 1.18. The van der Waals surface area contributed by atoms with E-state index in [9.17, 15) is 0 Å². The molecule has 180 valence electrons. The second-order valence-electron chi connectivity index (χ2n) is 10.4. The number of benzene rings is 6. The predicted molar refractivity (Wildman–Crippen MR) is 163 cm³/mol. The smallest absolute Gasteiger partial charge is 0.0970 e. The summed E-state index contributed by atoms with van der Waals surface area (Å²) in [6, 6.07) is 46.1. The Balaban J connectivity index is 1.36. The summed E-state index contributed by atoms with van der Waals surface area (Å²) < 4.78 is 2.37. The molecule has 0 saturated carbocycles. The highest BCUT2D eigenvalue weighted by atomic mass is 15.0. The Bertz CT molecular complexity index is 2240. The van der Waals surface area contributed by atoms with Gasteiger partial charge in [-0.15, -0.1) is 0 Å². The second-order valence-corrected chi connectivity index (χ2v) is 10.4. The van der Waals surface area contributed by atoms with E-state index < -0.39 is 0 Å². The summed E-state index contributed by atoms with van der Waals surface area (Å²) in [5.41, 5.74) is 12.3. The first-order valence-electron chi connectivity index (χ1n) is 13.4. The van der Waals surface area contributed by atoms with Crippen molar-refractivity contribution in [3.05, 3.63) is 134 Å². The van der Waals surface area contributed by atoms with Crippen LogP contribution in [0, 0.1) is 0 Å². The van der Waals surface area contributed by atoms with Gasteiger partial charge in [0.1, 0.15) is 0 Å². The molecular weight excluding hydrogens is 472 g/mol. The van der Waals surface area contributed by atoms with Gasteiger partial charge in [0, 0.05) is 28.0 Å². The first-order chi connectivity index (χ1) is 19.4. The third-order valence-corrected chi connectivity index (χ3v) is 8.36. The highest BCUT2D eigenvalue weighted by molar-refractivity contribution is 6.20. The Kier molecular flexibility index (Phi) is 4.08. The quantitative estimate of drug-likeness (QED) is 0.234. The molecule has 0 radical (unpaired) electrons. The molecule has 8 aromatic rings.